The van der Waals surface area contributed by atoms with Crippen LogP contribution >= 0.6 is 0 Å². The maximum atomic E-state index is 13.3. The van der Waals surface area contributed by atoms with Crippen LogP contribution in [0.3, 0.4) is 0 Å². The highest BCUT2D eigenvalue weighted by atomic mass is 19.4. The Kier molecular flexibility index (Phi) is 6.63. The molecule has 0 bridgehead atoms. The van der Waals surface area contributed by atoms with Crippen LogP contribution in [-0.4, -0.2) is 84.1 Å². The van der Waals surface area contributed by atoms with Crippen LogP contribution in [0.4, 0.5) is 18.9 Å². The van der Waals surface area contributed by atoms with Crippen LogP contribution in [0.5, 0.6) is 0 Å². The number of fused-ring (bicyclic) bond motifs is 1. The van der Waals surface area contributed by atoms with E-state index in [1.807, 2.05) is 29.8 Å². The summed E-state index contributed by atoms with van der Waals surface area (Å²) in [6.07, 6.45) is -3.57. The Bertz CT molecular complexity index is 1010. The smallest absolute Gasteiger partial charge is 0.399 e. The van der Waals surface area contributed by atoms with Gasteiger partial charge >= 0.3 is 6.18 Å². The fourth-order valence-corrected chi connectivity index (χ4v) is 4.67. The predicted molar refractivity (Wildman–Crippen MR) is 126 cm³/mol. The maximum absolute atomic E-state index is 13.3. The van der Waals surface area contributed by atoms with E-state index in [0.717, 1.165) is 44.0 Å². The minimum absolute atomic E-state index is 0.0437. The van der Waals surface area contributed by atoms with Crippen molar-refractivity contribution >= 4 is 17.4 Å². The minimum Gasteiger partial charge on any atom is -0.399 e. The fraction of sp³-hybridized carbons (Fsp3) is 0.565. The lowest BCUT2D eigenvalue weighted by atomic mass is 10.0. The lowest BCUT2D eigenvalue weighted by Crippen LogP contribution is -2.51. The van der Waals surface area contributed by atoms with Gasteiger partial charge < -0.3 is 26.0 Å². The highest BCUT2D eigenvalue weighted by molar-refractivity contribution is 6.04. The number of rotatable bonds is 4. The number of nitrogens with zero attached hydrogens (tertiary/aromatic N) is 5. The number of hydrogen-bond donors (Lipinski definition) is 3. The molecule has 0 saturated carbocycles. The zero-order valence-electron chi connectivity index (χ0n) is 19.8. The molecule has 3 aliphatic rings. The number of alkyl halides is 3. The molecule has 4 N–H and O–H groups in total. The Morgan fingerprint density at radius 2 is 1.85 bits per heavy atom. The van der Waals surface area contributed by atoms with E-state index in [-0.39, 0.29) is 17.8 Å². The molecule has 34 heavy (non-hydrogen) atoms. The van der Waals surface area contributed by atoms with Gasteiger partial charge in [0.25, 0.3) is 0 Å². The summed E-state index contributed by atoms with van der Waals surface area (Å²) in [6, 6.07) is 2.97. The van der Waals surface area contributed by atoms with Gasteiger partial charge in [-0.1, -0.05) is 0 Å². The molecular formula is C23H32F3N7O. The number of amidine groups is 2. The molecule has 4 atom stereocenters. The summed E-state index contributed by atoms with van der Waals surface area (Å²) in [5.41, 5.74) is 6.13. The summed E-state index contributed by atoms with van der Waals surface area (Å²) in [5.74, 6) is 1.01. The van der Waals surface area contributed by atoms with Crippen LogP contribution in [0.15, 0.2) is 40.0 Å². The van der Waals surface area contributed by atoms with Gasteiger partial charge in [0.1, 0.15) is 24.1 Å². The number of halogens is 3. The molecule has 186 valence electrons. The average molecular weight is 480 g/mol. The largest absolute Gasteiger partial charge is 0.416 e. The van der Waals surface area contributed by atoms with Crippen molar-refractivity contribution in [3.63, 3.8) is 0 Å². The summed E-state index contributed by atoms with van der Waals surface area (Å²) in [5, 5.41) is 14.3. The topological polar surface area (TPSA) is 92.7 Å². The molecule has 1 aromatic rings. The van der Waals surface area contributed by atoms with E-state index in [9.17, 15) is 18.3 Å². The third kappa shape index (κ3) is 4.91. The zero-order chi connectivity index (χ0) is 24.8. The van der Waals surface area contributed by atoms with E-state index in [1.165, 1.54) is 6.07 Å². The molecule has 0 aromatic heterocycles. The van der Waals surface area contributed by atoms with Crippen molar-refractivity contribution in [1.82, 2.24) is 20.0 Å². The highest BCUT2D eigenvalue weighted by Crippen LogP contribution is 2.35. The Morgan fingerprint density at radius 1 is 1.18 bits per heavy atom. The quantitative estimate of drug-likeness (QED) is 0.573. The number of anilines is 1. The second-order valence-corrected chi connectivity index (χ2v) is 9.27. The Morgan fingerprint density at radius 3 is 2.50 bits per heavy atom. The van der Waals surface area contributed by atoms with Gasteiger partial charge in [-0.3, -0.25) is 9.89 Å². The first-order valence-electron chi connectivity index (χ1n) is 11.4. The fourth-order valence-electron chi connectivity index (χ4n) is 4.67. The van der Waals surface area contributed by atoms with E-state index in [1.54, 1.807) is 6.92 Å². The van der Waals surface area contributed by atoms with Gasteiger partial charge in [-0.15, -0.1) is 0 Å². The van der Waals surface area contributed by atoms with Gasteiger partial charge in [0.05, 0.1) is 23.2 Å². The van der Waals surface area contributed by atoms with Gasteiger partial charge in [0.15, 0.2) is 0 Å². The van der Waals surface area contributed by atoms with Crippen LogP contribution < -0.4 is 11.1 Å². The lowest BCUT2D eigenvalue weighted by molar-refractivity contribution is -0.137. The standard InChI is InChI=1S/C23H32F3N7O/c1-13(15-9-16(23(24,25)26)11-17(27)10-15)28-20-18-12-19(32(4)21(18)30-14(2)29-20)22(34)33-7-5-31(3)6-8-33/h9-13,18,21-22,34H,5-8,27H2,1-4H3,(H,28,29,30)/t13-,18?,21?,22?/m1/s1. The summed E-state index contributed by atoms with van der Waals surface area (Å²) in [6.45, 7) is 6.83. The van der Waals surface area contributed by atoms with Crippen molar-refractivity contribution in [3.05, 3.63) is 41.1 Å². The SMILES string of the molecule is CC1=NC2C(C=C(C(O)N3CCN(C)CC3)N2C)C(=N[C@H](C)c2cc(N)cc(C(F)(F)F)c2)N1. The number of aliphatic hydroxyl groups excluding tert-OH is 1. The number of benzene rings is 1. The molecule has 11 heteroatoms. The molecule has 3 heterocycles. The van der Waals surface area contributed by atoms with E-state index in [0.29, 0.717) is 17.2 Å². The summed E-state index contributed by atoms with van der Waals surface area (Å²) in [7, 11) is 3.96. The highest BCUT2D eigenvalue weighted by Gasteiger charge is 2.41. The van der Waals surface area contributed by atoms with Gasteiger partial charge in [-0.25, -0.2) is 4.99 Å². The van der Waals surface area contributed by atoms with Crippen molar-refractivity contribution in [2.75, 3.05) is 46.0 Å². The van der Waals surface area contributed by atoms with Crippen LogP contribution in [-0.2, 0) is 6.18 Å². The first-order chi connectivity index (χ1) is 15.9. The molecule has 0 amide bonds. The molecule has 1 aromatic carbocycles. The van der Waals surface area contributed by atoms with Crippen molar-refractivity contribution in [2.24, 2.45) is 15.9 Å². The minimum atomic E-state index is -4.49. The van der Waals surface area contributed by atoms with Gasteiger partial charge in [0, 0.05) is 38.9 Å². The second kappa shape index (κ2) is 9.20. The van der Waals surface area contributed by atoms with Crippen molar-refractivity contribution in [1.29, 1.82) is 0 Å². The zero-order valence-corrected chi connectivity index (χ0v) is 19.8. The number of aliphatic hydroxyl groups is 1. The van der Waals surface area contributed by atoms with Gasteiger partial charge in [-0.2, -0.15) is 13.2 Å². The summed E-state index contributed by atoms with van der Waals surface area (Å²) < 4.78 is 39.8. The number of likely N-dealkylation sites (N-methyl/N-ethyl adjacent to an activating group) is 2. The summed E-state index contributed by atoms with van der Waals surface area (Å²) >= 11 is 0. The maximum Gasteiger partial charge on any atom is 0.416 e. The van der Waals surface area contributed by atoms with Crippen molar-refractivity contribution in [3.8, 4) is 0 Å². The normalized spacial score (nSPS) is 27.2. The molecule has 1 saturated heterocycles. The number of aliphatic imine (C=N–C) groups is 2. The lowest BCUT2D eigenvalue weighted by Gasteiger charge is -2.38. The van der Waals surface area contributed by atoms with Crippen LogP contribution in [0.25, 0.3) is 0 Å². The Hall–Kier alpha value is -2.63. The molecule has 3 unspecified atom stereocenters. The molecule has 0 aliphatic carbocycles. The third-order valence-corrected chi connectivity index (χ3v) is 6.69. The average Bonchev–Trinajstić information content (AvgIpc) is 3.09. The Balaban J connectivity index is 1.62. The van der Waals surface area contributed by atoms with E-state index >= 15 is 0 Å². The third-order valence-electron chi connectivity index (χ3n) is 6.69. The van der Waals surface area contributed by atoms with Crippen LogP contribution in [0.1, 0.15) is 31.0 Å². The van der Waals surface area contributed by atoms with Gasteiger partial charge in [-0.05, 0) is 50.7 Å². The predicted octanol–water partition coefficient (Wildman–Crippen LogP) is 2.11. The molecule has 1 fully saturated rings. The number of nitrogens with one attached hydrogen (secondary N) is 1. The summed E-state index contributed by atoms with van der Waals surface area (Å²) in [4.78, 5) is 15.7. The van der Waals surface area contributed by atoms with Gasteiger partial charge in [0.2, 0.25) is 0 Å². The molecule has 0 radical (unpaired) electrons. The van der Waals surface area contributed by atoms with Crippen LogP contribution in [0.2, 0.25) is 0 Å². The number of nitrogen functional groups attached to an aromatic ring is 1. The number of nitrogens with two attached hydrogens (primary N) is 1. The molecule has 3 aliphatic heterocycles. The first-order valence-corrected chi connectivity index (χ1v) is 11.4. The molecule has 0 spiro atoms. The van der Waals surface area contributed by atoms with Crippen molar-refractivity contribution < 1.29 is 18.3 Å². The van der Waals surface area contributed by atoms with Crippen molar-refractivity contribution in [2.45, 2.75) is 38.5 Å². The monoisotopic (exact) mass is 479 g/mol. The second-order valence-electron chi connectivity index (χ2n) is 9.27. The van der Waals surface area contributed by atoms with E-state index < -0.39 is 24.0 Å². The van der Waals surface area contributed by atoms with E-state index in [2.05, 4.69) is 17.3 Å². The van der Waals surface area contributed by atoms with E-state index in [4.69, 9.17) is 15.7 Å². The van der Waals surface area contributed by atoms with Crippen LogP contribution in [0, 0.1) is 5.92 Å². The number of piperazine rings is 1. The first kappa shape index (κ1) is 24.5. The molecule has 8 nitrogen and oxygen atoms in total. The Labute approximate surface area is 197 Å². The molecule has 4 rings (SSSR count). The number of hydrogen-bond acceptors (Lipinski definition) is 7. The molecular weight excluding hydrogens is 447 g/mol.